The van der Waals surface area contributed by atoms with Crippen LogP contribution in [0.3, 0.4) is 0 Å². The van der Waals surface area contributed by atoms with Crippen LogP contribution < -0.4 is 0 Å². The number of ether oxygens (including phenoxy) is 1. The van der Waals surface area contributed by atoms with Crippen molar-refractivity contribution in [3.8, 4) is 6.07 Å². The van der Waals surface area contributed by atoms with Crippen molar-refractivity contribution in [3.05, 3.63) is 47.2 Å². The van der Waals surface area contributed by atoms with Crippen molar-refractivity contribution in [2.75, 3.05) is 0 Å². The van der Waals surface area contributed by atoms with E-state index >= 15 is 0 Å². The van der Waals surface area contributed by atoms with Gasteiger partial charge in [-0.25, -0.2) is 14.5 Å². The van der Waals surface area contributed by atoms with E-state index in [1.54, 1.807) is 27.0 Å². The fraction of sp³-hybridized carbons (Fsp3) is 0.421. The van der Waals surface area contributed by atoms with Gasteiger partial charge >= 0.3 is 5.97 Å². The third-order valence-electron chi connectivity index (χ3n) is 4.26. The average molecular weight is 364 g/mol. The molecule has 27 heavy (non-hydrogen) atoms. The second-order valence-electron chi connectivity index (χ2n) is 7.84. The first kappa shape index (κ1) is 17.2. The smallest absolute Gasteiger partial charge is 0.361 e. The van der Waals surface area contributed by atoms with Crippen LogP contribution >= 0.6 is 0 Å². The highest BCUT2D eigenvalue weighted by molar-refractivity contribution is 5.87. The molecule has 0 aromatic carbocycles. The summed E-state index contributed by atoms with van der Waals surface area (Å²) in [6.45, 7) is 5.75. The Balaban J connectivity index is 1.57. The van der Waals surface area contributed by atoms with Gasteiger partial charge in [0.15, 0.2) is 11.3 Å². The van der Waals surface area contributed by atoms with Gasteiger partial charge in [-0.05, 0) is 51.2 Å². The highest BCUT2D eigenvalue weighted by atomic mass is 16.6. The summed E-state index contributed by atoms with van der Waals surface area (Å²) in [6, 6.07) is 4.16. The SMILES string of the molecule is CC(C)(C)OC(=O)c1cn(Cc2cn3cc(C4CC4)cc(C#N)c3n2)nn1. The van der Waals surface area contributed by atoms with Crippen molar-refractivity contribution in [1.29, 1.82) is 5.26 Å². The van der Waals surface area contributed by atoms with E-state index in [9.17, 15) is 10.1 Å². The zero-order valence-electron chi connectivity index (χ0n) is 15.5. The highest BCUT2D eigenvalue weighted by Gasteiger charge is 2.25. The number of pyridine rings is 1. The van der Waals surface area contributed by atoms with Crippen molar-refractivity contribution in [2.45, 2.75) is 51.7 Å². The summed E-state index contributed by atoms with van der Waals surface area (Å²) in [6.07, 6.45) is 7.81. The van der Waals surface area contributed by atoms with E-state index in [1.807, 2.05) is 22.9 Å². The van der Waals surface area contributed by atoms with E-state index in [0.717, 1.165) is 5.69 Å². The van der Waals surface area contributed by atoms with Gasteiger partial charge in [0.05, 0.1) is 24.0 Å². The number of nitriles is 1. The maximum absolute atomic E-state index is 12.1. The molecule has 138 valence electrons. The van der Waals surface area contributed by atoms with Crippen LogP contribution in [0, 0.1) is 11.3 Å². The minimum absolute atomic E-state index is 0.155. The van der Waals surface area contributed by atoms with E-state index in [0.29, 0.717) is 23.7 Å². The fourth-order valence-corrected chi connectivity index (χ4v) is 2.94. The predicted octanol–water partition coefficient (Wildman–Crippen LogP) is 2.68. The van der Waals surface area contributed by atoms with Crippen LogP contribution in [0.1, 0.15) is 66.8 Å². The molecule has 8 nitrogen and oxygen atoms in total. The highest BCUT2D eigenvalue weighted by Crippen LogP contribution is 2.40. The summed E-state index contributed by atoms with van der Waals surface area (Å²) in [5.41, 5.74) is 2.68. The molecule has 1 saturated carbocycles. The Bertz CT molecular complexity index is 1060. The molecule has 0 bridgehead atoms. The minimum Gasteiger partial charge on any atom is -0.455 e. The molecule has 0 unspecified atom stereocenters. The number of hydrogen-bond donors (Lipinski definition) is 0. The number of nitrogens with zero attached hydrogens (tertiary/aromatic N) is 6. The van der Waals surface area contributed by atoms with Crippen LogP contribution in [0.5, 0.6) is 0 Å². The number of carbonyl (C=O) groups excluding carboxylic acids is 1. The van der Waals surface area contributed by atoms with Crippen molar-refractivity contribution in [3.63, 3.8) is 0 Å². The van der Waals surface area contributed by atoms with E-state index in [4.69, 9.17) is 4.74 Å². The monoisotopic (exact) mass is 364 g/mol. The molecule has 3 heterocycles. The number of aromatic nitrogens is 5. The number of rotatable bonds is 4. The van der Waals surface area contributed by atoms with E-state index < -0.39 is 11.6 Å². The lowest BCUT2D eigenvalue weighted by atomic mass is 10.1. The van der Waals surface area contributed by atoms with Crippen LogP contribution in [0.15, 0.2) is 24.7 Å². The van der Waals surface area contributed by atoms with Gasteiger partial charge in [-0.2, -0.15) is 5.26 Å². The minimum atomic E-state index is -0.588. The molecule has 0 N–H and O–H groups in total. The summed E-state index contributed by atoms with van der Waals surface area (Å²) < 4.78 is 8.73. The molecule has 1 fully saturated rings. The van der Waals surface area contributed by atoms with E-state index in [2.05, 4.69) is 21.4 Å². The van der Waals surface area contributed by atoms with Crippen molar-refractivity contribution in [2.24, 2.45) is 0 Å². The standard InChI is InChI=1S/C19H20N6O2/c1-19(2,3)27-18(26)16-11-25(23-22-16)10-15-9-24-8-14(12-4-5-12)6-13(7-20)17(24)21-15/h6,8-9,11-12H,4-5,10H2,1-3H3. The zero-order chi connectivity index (χ0) is 19.2. The lowest BCUT2D eigenvalue weighted by Crippen LogP contribution is -2.24. The molecule has 0 aliphatic heterocycles. The Kier molecular flexibility index (Phi) is 3.95. The lowest BCUT2D eigenvalue weighted by molar-refractivity contribution is 0.00627. The molecular formula is C19H20N6O2. The first-order valence-corrected chi connectivity index (χ1v) is 8.87. The molecule has 0 saturated heterocycles. The third kappa shape index (κ3) is 3.67. The van der Waals surface area contributed by atoms with Gasteiger partial charge in [-0.15, -0.1) is 5.10 Å². The molecule has 0 radical (unpaired) electrons. The Morgan fingerprint density at radius 1 is 1.33 bits per heavy atom. The summed E-state index contributed by atoms with van der Waals surface area (Å²) >= 11 is 0. The Morgan fingerprint density at radius 2 is 2.11 bits per heavy atom. The topological polar surface area (TPSA) is 98.1 Å². The summed E-state index contributed by atoms with van der Waals surface area (Å²) in [7, 11) is 0. The number of fused-ring (bicyclic) bond motifs is 1. The van der Waals surface area contributed by atoms with Gasteiger partial charge in [0.2, 0.25) is 0 Å². The Morgan fingerprint density at radius 3 is 2.78 bits per heavy atom. The number of hydrogen-bond acceptors (Lipinski definition) is 6. The third-order valence-corrected chi connectivity index (χ3v) is 4.26. The quantitative estimate of drug-likeness (QED) is 0.660. The van der Waals surface area contributed by atoms with Crippen LogP contribution in [-0.4, -0.2) is 35.9 Å². The summed E-state index contributed by atoms with van der Waals surface area (Å²) in [5, 5.41) is 17.3. The average Bonchev–Trinajstić information content (AvgIpc) is 3.20. The van der Waals surface area contributed by atoms with Gasteiger partial charge in [-0.1, -0.05) is 5.21 Å². The zero-order valence-corrected chi connectivity index (χ0v) is 15.5. The van der Waals surface area contributed by atoms with Crippen LogP contribution in [0.25, 0.3) is 5.65 Å². The lowest BCUT2D eigenvalue weighted by Gasteiger charge is -2.18. The normalized spacial score (nSPS) is 14.3. The number of imidazole rings is 1. The molecule has 1 aliphatic rings. The van der Waals surface area contributed by atoms with E-state index in [-0.39, 0.29) is 5.69 Å². The molecular weight excluding hydrogens is 344 g/mol. The van der Waals surface area contributed by atoms with Crippen LogP contribution in [-0.2, 0) is 11.3 Å². The summed E-state index contributed by atoms with van der Waals surface area (Å²) in [4.78, 5) is 16.6. The molecule has 0 spiro atoms. The Labute approximate surface area is 156 Å². The van der Waals surface area contributed by atoms with Crippen LogP contribution in [0.2, 0.25) is 0 Å². The second-order valence-corrected chi connectivity index (χ2v) is 7.84. The first-order chi connectivity index (χ1) is 12.8. The van der Waals surface area contributed by atoms with Gasteiger partial charge in [0.25, 0.3) is 0 Å². The molecule has 0 atom stereocenters. The Hall–Kier alpha value is -3.21. The molecule has 1 aliphatic carbocycles. The molecule has 3 aromatic rings. The fourth-order valence-electron chi connectivity index (χ4n) is 2.94. The van der Waals surface area contributed by atoms with Crippen molar-refractivity contribution in [1.82, 2.24) is 24.4 Å². The maximum atomic E-state index is 12.1. The first-order valence-electron chi connectivity index (χ1n) is 8.87. The maximum Gasteiger partial charge on any atom is 0.361 e. The van der Waals surface area contributed by atoms with Crippen LogP contribution in [0.4, 0.5) is 0 Å². The van der Waals surface area contributed by atoms with E-state index in [1.165, 1.54) is 23.1 Å². The van der Waals surface area contributed by atoms with Gasteiger partial charge in [0.1, 0.15) is 11.7 Å². The number of carbonyl (C=O) groups is 1. The van der Waals surface area contributed by atoms with Crippen molar-refractivity contribution < 1.29 is 9.53 Å². The summed E-state index contributed by atoms with van der Waals surface area (Å²) in [5.74, 6) is 0.0450. The predicted molar refractivity (Wildman–Crippen MR) is 96.2 cm³/mol. The molecule has 0 amide bonds. The largest absolute Gasteiger partial charge is 0.455 e. The van der Waals surface area contributed by atoms with Gasteiger partial charge in [0, 0.05) is 12.4 Å². The van der Waals surface area contributed by atoms with Gasteiger partial charge < -0.3 is 9.14 Å². The second kappa shape index (κ2) is 6.20. The van der Waals surface area contributed by atoms with Gasteiger partial charge in [-0.3, -0.25) is 0 Å². The molecule has 4 rings (SSSR count). The molecule has 3 aromatic heterocycles. The number of esters is 1. The molecule has 8 heteroatoms. The van der Waals surface area contributed by atoms with Crippen molar-refractivity contribution >= 4 is 11.6 Å².